The molecular formula is C11H16O3. The van der Waals surface area contributed by atoms with Crippen molar-refractivity contribution in [3.05, 3.63) is 23.8 Å². The number of aliphatic hydroxyl groups excluding tert-OH is 1. The van der Waals surface area contributed by atoms with Gasteiger partial charge in [-0.15, -0.1) is 0 Å². The van der Waals surface area contributed by atoms with E-state index in [0.29, 0.717) is 11.5 Å². The van der Waals surface area contributed by atoms with Crippen LogP contribution in [0.1, 0.15) is 18.4 Å². The molecule has 1 aromatic rings. The van der Waals surface area contributed by atoms with Crippen molar-refractivity contribution < 1.29 is 14.6 Å². The average Bonchev–Trinajstić information content (AvgIpc) is 2.26. The van der Waals surface area contributed by atoms with Gasteiger partial charge in [-0.1, -0.05) is 13.0 Å². The van der Waals surface area contributed by atoms with Crippen LogP contribution in [-0.4, -0.2) is 25.9 Å². The third-order valence-corrected chi connectivity index (χ3v) is 2.25. The van der Waals surface area contributed by atoms with Crippen LogP contribution in [-0.2, 0) is 0 Å². The molecule has 0 aliphatic heterocycles. The summed E-state index contributed by atoms with van der Waals surface area (Å²) in [5, 5.41) is 9.01. The Morgan fingerprint density at radius 3 is 2.36 bits per heavy atom. The van der Waals surface area contributed by atoms with E-state index in [4.69, 9.17) is 14.6 Å². The van der Waals surface area contributed by atoms with Gasteiger partial charge in [0.15, 0.2) is 11.5 Å². The summed E-state index contributed by atoms with van der Waals surface area (Å²) in [5.41, 5.74) is 1.05. The van der Waals surface area contributed by atoms with E-state index in [0.717, 1.165) is 5.56 Å². The van der Waals surface area contributed by atoms with Crippen molar-refractivity contribution in [1.82, 2.24) is 0 Å². The van der Waals surface area contributed by atoms with Gasteiger partial charge >= 0.3 is 0 Å². The molecule has 0 saturated heterocycles. The van der Waals surface area contributed by atoms with Crippen LogP contribution in [0.15, 0.2) is 18.2 Å². The Balaban J connectivity index is 3.01. The van der Waals surface area contributed by atoms with Crippen molar-refractivity contribution in [3.63, 3.8) is 0 Å². The standard InChI is InChI=1S/C11H16O3/c1-8(7-12)9-4-5-10(13-2)11(6-9)14-3/h4-6,8,12H,7H2,1-3H3/t8-/m1/s1. The normalized spacial score (nSPS) is 12.3. The lowest BCUT2D eigenvalue weighted by molar-refractivity contribution is 0.272. The van der Waals surface area contributed by atoms with Gasteiger partial charge in [-0.2, -0.15) is 0 Å². The monoisotopic (exact) mass is 196 g/mol. The first-order valence-electron chi connectivity index (χ1n) is 4.55. The van der Waals surface area contributed by atoms with E-state index in [1.54, 1.807) is 14.2 Å². The molecule has 0 amide bonds. The topological polar surface area (TPSA) is 38.7 Å². The Kier molecular flexibility index (Phi) is 3.77. The zero-order chi connectivity index (χ0) is 10.6. The summed E-state index contributed by atoms with van der Waals surface area (Å²) in [6.45, 7) is 2.09. The van der Waals surface area contributed by atoms with Crippen LogP contribution in [0.4, 0.5) is 0 Å². The van der Waals surface area contributed by atoms with Crippen LogP contribution in [0.2, 0.25) is 0 Å². The van der Waals surface area contributed by atoms with Gasteiger partial charge in [0.1, 0.15) is 0 Å². The van der Waals surface area contributed by atoms with E-state index in [-0.39, 0.29) is 12.5 Å². The van der Waals surface area contributed by atoms with E-state index in [1.807, 2.05) is 25.1 Å². The third-order valence-electron chi connectivity index (χ3n) is 2.25. The number of hydrogen-bond donors (Lipinski definition) is 1. The lowest BCUT2D eigenvalue weighted by Crippen LogP contribution is -2.00. The minimum Gasteiger partial charge on any atom is -0.493 e. The third kappa shape index (κ3) is 2.17. The molecule has 0 spiro atoms. The largest absolute Gasteiger partial charge is 0.493 e. The summed E-state index contributed by atoms with van der Waals surface area (Å²) in [6.07, 6.45) is 0. The highest BCUT2D eigenvalue weighted by molar-refractivity contribution is 5.43. The van der Waals surface area contributed by atoms with E-state index in [9.17, 15) is 0 Å². The van der Waals surface area contributed by atoms with Gasteiger partial charge in [0, 0.05) is 12.5 Å². The van der Waals surface area contributed by atoms with Crippen LogP contribution in [0.3, 0.4) is 0 Å². The second kappa shape index (κ2) is 4.86. The summed E-state index contributed by atoms with van der Waals surface area (Å²) in [6, 6.07) is 5.67. The highest BCUT2D eigenvalue weighted by Crippen LogP contribution is 2.30. The first-order valence-corrected chi connectivity index (χ1v) is 4.55. The molecule has 3 nitrogen and oxygen atoms in total. The van der Waals surface area contributed by atoms with Gasteiger partial charge in [-0.3, -0.25) is 0 Å². The van der Waals surface area contributed by atoms with Crippen molar-refractivity contribution in [2.45, 2.75) is 12.8 Å². The zero-order valence-corrected chi connectivity index (χ0v) is 8.78. The molecule has 0 fully saturated rings. The van der Waals surface area contributed by atoms with Gasteiger partial charge in [0.05, 0.1) is 14.2 Å². The smallest absolute Gasteiger partial charge is 0.160 e. The van der Waals surface area contributed by atoms with Crippen LogP contribution in [0.5, 0.6) is 11.5 Å². The Morgan fingerprint density at radius 1 is 1.21 bits per heavy atom. The Labute approximate surface area is 84.3 Å². The molecule has 3 heteroatoms. The number of rotatable bonds is 4. The minimum absolute atomic E-state index is 0.120. The molecule has 0 unspecified atom stereocenters. The molecule has 1 rings (SSSR count). The molecule has 78 valence electrons. The molecule has 1 aromatic carbocycles. The lowest BCUT2D eigenvalue weighted by Gasteiger charge is -2.12. The van der Waals surface area contributed by atoms with Crippen molar-refractivity contribution in [2.24, 2.45) is 0 Å². The molecular weight excluding hydrogens is 180 g/mol. The molecule has 0 bridgehead atoms. The van der Waals surface area contributed by atoms with Gasteiger partial charge in [-0.25, -0.2) is 0 Å². The van der Waals surface area contributed by atoms with E-state index >= 15 is 0 Å². The number of hydrogen-bond acceptors (Lipinski definition) is 3. The highest BCUT2D eigenvalue weighted by atomic mass is 16.5. The Bertz CT molecular complexity index is 297. The van der Waals surface area contributed by atoms with Crippen molar-refractivity contribution in [1.29, 1.82) is 0 Å². The summed E-state index contributed by atoms with van der Waals surface area (Å²) in [7, 11) is 3.21. The van der Waals surface area contributed by atoms with E-state index in [1.165, 1.54) is 0 Å². The molecule has 0 saturated carbocycles. The predicted molar refractivity (Wildman–Crippen MR) is 55.0 cm³/mol. The first-order chi connectivity index (χ1) is 6.72. The van der Waals surface area contributed by atoms with Gasteiger partial charge < -0.3 is 14.6 Å². The molecule has 1 atom stereocenters. The first kappa shape index (κ1) is 10.9. The minimum atomic E-state index is 0.120. The summed E-state index contributed by atoms with van der Waals surface area (Å²) >= 11 is 0. The van der Waals surface area contributed by atoms with Crippen molar-refractivity contribution in [3.8, 4) is 11.5 Å². The molecule has 0 aliphatic rings. The predicted octanol–water partition coefficient (Wildman–Crippen LogP) is 1.80. The fourth-order valence-corrected chi connectivity index (χ4v) is 1.26. The molecule has 0 heterocycles. The zero-order valence-electron chi connectivity index (χ0n) is 8.78. The fourth-order valence-electron chi connectivity index (χ4n) is 1.26. The summed E-state index contributed by atoms with van der Waals surface area (Å²) < 4.78 is 10.3. The van der Waals surface area contributed by atoms with Crippen LogP contribution in [0, 0.1) is 0 Å². The Morgan fingerprint density at radius 2 is 1.86 bits per heavy atom. The van der Waals surface area contributed by atoms with Gasteiger partial charge in [0.25, 0.3) is 0 Å². The fraction of sp³-hybridized carbons (Fsp3) is 0.455. The van der Waals surface area contributed by atoms with Crippen LogP contribution in [0.25, 0.3) is 0 Å². The van der Waals surface area contributed by atoms with Crippen LogP contribution >= 0.6 is 0 Å². The SMILES string of the molecule is COc1ccc([C@H](C)CO)cc1OC. The van der Waals surface area contributed by atoms with Gasteiger partial charge in [0.2, 0.25) is 0 Å². The molecule has 0 aromatic heterocycles. The number of aliphatic hydroxyl groups is 1. The summed E-state index contributed by atoms with van der Waals surface area (Å²) in [4.78, 5) is 0. The maximum absolute atomic E-state index is 9.01. The number of methoxy groups -OCH3 is 2. The van der Waals surface area contributed by atoms with Crippen molar-refractivity contribution >= 4 is 0 Å². The second-order valence-electron chi connectivity index (χ2n) is 3.20. The molecule has 1 N–H and O–H groups in total. The molecule has 0 aliphatic carbocycles. The molecule has 14 heavy (non-hydrogen) atoms. The number of ether oxygens (including phenoxy) is 2. The maximum Gasteiger partial charge on any atom is 0.160 e. The van der Waals surface area contributed by atoms with Gasteiger partial charge in [-0.05, 0) is 17.7 Å². The van der Waals surface area contributed by atoms with Crippen LogP contribution < -0.4 is 9.47 Å². The summed E-state index contributed by atoms with van der Waals surface area (Å²) in [5.74, 6) is 1.53. The van der Waals surface area contributed by atoms with E-state index < -0.39 is 0 Å². The quantitative estimate of drug-likeness (QED) is 0.798. The Hall–Kier alpha value is -1.22. The average molecular weight is 196 g/mol. The maximum atomic E-state index is 9.01. The number of benzene rings is 1. The van der Waals surface area contributed by atoms with E-state index in [2.05, 4.69) is 0 Å². The van der Waals surface area contributed by atoms with Crippen molar-refractivity contribution in [2.75, 3.05) is 20.8 Å². The molecule has 0 radical (unpaired) electrons. The highest BCUT2D eigenvalue weighted by Gasteiger charge is 2.08. The second-order valence-corrected chi connectivity index (χ2v) is 3.20. The lowest BCUT2D eigenvalue weighted by atomic mass is 10.0.